The van der Waals surface area contributed by atoms with Crippen LogP contribution in [0.4, 0.5) is 13.2 Å². The standard InChI is InChI=1S/C7H7F3N2O/c8-7(9,10)6(12-13)5-2-1-3-11-4-5/h1-4,6,12-13H/t6-/m1/s1. The average Bonchev–Trinajstić information content (AvgIpc) is 2.05. The summed E-state index contributed by atoms with van der Waals surface area (Å²) in [6.07, 6.45) is -2.13. The van der Waals surface area contributed by atoms with Crippen LogP contribution in [0.2, 0.25) is 0 Å². The Kier molecular flexibility index (Phi) is 2.84. The molecule has 0 amide bonds. The number of pyridine rings is 1. The first-order valence-electron chi connectivity index (χ1n) is 3.42. The molecule has 1 aromatic heterocycles. The van der Waals surface area contributed by atoms with Crippen LogP contribution in [0.5, 0.6) is 0 Å². The molecule has 72 valence electrons. The summed E-state index contributed by atoms with van der Waals surface area (Å²) in [7, 11) is 0. The Balaban J connectivity index is 2.92. The molecule has 0 aliphatic carbocycles. The molecule has 1 aromatic rings. The Hall–Kier alpha value is -1.14. The summed E-state index contributed by atoms with van der Waals surface area (Å²) in [5.74, 6) is 0. The van der Waals surface area contributed by atoms with Crippen LogP contribution in [0.15, 0.2) is 24.5 Å². The Morgan fingerprint density at radius 2 is 2.15 bits per heavy atom. The van der Waals surface area contributed by atoms with Gasteiger partial charge >= 0.3 is 6.18 Å². The third-order valence-electron chi connectivity index (χ3n) is 1.47. The second kappa shape index (κ2) is 3.71. The van der Waals surface area contributed by atoms with Crippen LogP contribution in [0.25, 0.3) is 0 Å². The van der Waals surface area contributed by atoms with E-state index in [1.54, 1.807) is 0 Å². The van der Waals surface area contributed by atoms with Crippen molar-refractivity contribution in [1.82, 2.24) is 10.5 Å². The smallest absolute Gasteiger partial charge is 0.316 e. The minimum absolute atomic E-state index is 0.127. The molecule has 1 atom stereocenters. The van der Waals surface area contributed by atoms with E-state index in [1.807, 2.05) is 0 Å². The molecule has 0 aliphatic heterocycles. The van der Waals surface area contributed by atoms with Crippen LogP contribution in [0, 0.1) is 0 Å². The van der Waals surface area contributed by atoms with E-state index in [2.05, 4.69) is 4.98 Å². The molecule has 0 saturated carbocycles. The highest BCUT2D eigenvalue weighted by atomic mass is 19.4. The van der Waals surface area contributed by atoms with Crippen molar-refractivity contribution in [3.63, 3.8) is 0 Å². The third-order valence-corrected chi connectivity index (χ3v) is 1.47. The Morgan fingerprint density at radius 3 is 2.54 bits per heavy atom. The second-order valence-electron chi connectivity index (χ2n) is 2.39. The molecule has 0 saturated heterocycles. The molecule has 0 fully saturated rings. The third kappa shape index (κ3) is 2.40. The topological polar surface area (TPSA) is 45.1 Å². The van der Waals surface area contributed by atoms with Gasteiger partial charge < -0.3 is 5.21 Å². The van der Waals surface area contributed by atoms with E-state index in [1.165, 1.54) is 23.8 Å². The van der Waals surface area contributed by atoms with Crippen molar-refractivity contribution in [1.29, 1.82) is 0 Å². The normalized spacial score (nSPS) is 14.2. The maximum absolute atomic E-state index is 12.2. The second-order valence-corrected chi connectivity index (χ2v) is 2.39. The molecular formula is C7H7F3N2O. The zero-order chi connectivity index (χ0) is 9.90. The Morgan fingerprint density at radius 1 is 1.46 bits per heavy atom. The van der Waals surface area contributed by atoms with Crippen molar-refractivity contribution in [2.24, 2.45) is 0 Å². The van der Waals surface area contributed by atoms with E-state index in [-0.39, 0.29) is 5.56 Å². The van der Waals surface area contributed by atoms with Crippen molar-refractivity contribution >= 4 is 0 Å². The Labute approximate surface area is 72.2 Å². The maximum Gasteiger partial charge on any atom is 0.410 e. The number of nitrogens with zero attached hydrogens (tertiary/aromatic N) is 1. The zero-order valence-corrected chi connectivity index (χ0v) is 6.42. The fourth-order valence-corrected chi connectivity index (χ4v) is 0.883. The Bertz CT molecular complexity index is 262. The van der Waals surface area contributed by atoms with Gasteiger partial charge in [-0.05, 0) is 11.6 Å². The molecule has 0 spiro atoms. The van der Waals surface area contributed by atoms with Gasteiger partial charge in [-0.15, -0.1) is 0 Å². The summed E-state index contributed by atoms with van der Waals surface area (Å²) < 4.78 is 36.5. The van der Waals surface area contributed by atoms with E-state index in [0.29, 0.717) is 0 Å². The molecule has 0 unspecified atom stereocenters. The monoisotopic (exact) mass is 192 g/mol. The number of hydroxylamine groups is 1. The average molecular weight is 192 g/mol. The van der Waals surface area contributed by atoms with Gasteiger partial charge in [0, 0.05) is 12.4 Å². The number of rotatable bonds is 2. The summed E-state index contributed by atoms with van der Waals surface area (Å²) >= 11 is 0. The first-order chi connectivity index (χ1) is 6.05. The fraction of sp³-hybridized carbons (Fsp3) is 0.286. The van der Waals surface area contributed by atoms with Crippen LogP contribution in [0.1, 0.15) is 11.6 Å². The number of hydrogen-bond donors (Lipinski definition) is 2. The molecule has 0 bridgehead atoms. The van der Waals surface area contributed by atoms with Gasteiger partial charge in [-0.2, -0.15) is 18.7 Å². The zero-order valence-electron chi connectivity index (χ0n) is 6.42. The predicted molar refractivity (Wildman–Crippen MR) is 38.0 cm³/mol. The lowest BCUT2D eigenvalue weighted by Gasteiger charge is -2.17. The van der Waals surface area contributed by atoms with Crippen LogP contribution in [-0.2, 0) is 0 Å². The quantitative estimate of drug-likeness (QED) is 0.700. The minimum atomic E-state index is -4.53. The lowest BCUT2D eigenvalue weighted by atomic mass is 10.1. The van der Waals surface area contributed by atoms with Gasteiger partial charge in [0.1, 0.15) is 0 Å². The highest BCUT2D eigenvalue weighted by Gasteiger charge is 2.40. The molecule has 13 heavy (non-hydrogen) atoms. The van der Waals surface area contributed by atoms with E-state index < -0.39 is 12.2 Å². The van der Waals surface area contributed by atoms with Crippen molar-refractivity contribution < 1.29 is 18.4 Å². The summed E-state index contributed by atoms with van der Waals surface area (Å²) in [5, 5.41) is 8.32. The first kappa shape index (κ1) is 9.94. The van der Waals surface area contributed by atoms with Gasteiger partial charge in [-0.25, -0.2) is 0 Å². The highest BCUT2D eigenvalue weighted by Crippen LogP contribution is 2.31. The van der Waals surface area contributed by atoms with Crippen LogP contribution in [-0.4, -0.2) is 16.4 Å². The van der Waals surface area contributed by atoms with Gasteiger partial charge in [0.25, 0.3) is 0 Å². The number of hydrogen-bond acceptors (Lipinski definition) is 3. The van der Waals surface area contributed by atoms with Crippen molar-refractivity contribution in [3.05, 3.63) is 30.1 Å². The van der Waals surface area contributed by atoms with Gasteiger partial charge in [-0.3, -0.25) is 4.98 Å². The van der Waals surface area contributed by atoms with E-state index in [0.717, 1.165) is 6.20 Å². The number of aromatic nitrogens is 1. The van der Waals surface area contributed by atoms with E-state index in [4.69, 9.17) is 5.21 Å². The largest absolute Gasteiger partial charge is 0.410 e. The molecule has 3 nitrogen and oxygen atoms in total. The SMILES string of the molecule is ON[C@H](c1cccnc1)C(F)(F)F. The molecule has 1 heterocycles. The molecule has 0 aliphatic rings. The van der Waals surface area contributed by atoms with Crippen molar-refractivity contribution in [2.75, 3.05) is 0 Å². The summed E-state index contributed by atoms with van der Waals surface area (Å²) in [6, 6.07) is 0.515. The lowest BCUT2D eigenvalue weighted by Crippen LogP contribution is -2.32. The van der Waals surface area contributed by atoms with Crippen LogP contribution in [0.3, 0.4) is 0 Å². The fourth-order valence-electron chi connectivity index (χ4n) is 0.883. The van der Waals surface area contributed by atoms with Gasteiger partial charge in [0.2, 0.25) is 0 Å². The van der Waals surface area contributed by atoms with Crippen LogP contribution < -0.4 is 5.48 Å². The number of nitrogens with one attached hydrogen (secondary N) is 1. The molecule has 2 N–H and O–H groups in total. The van der Waals surface area contributed by atoms with Crippen LogP contribution >= 0.6 is 0 Å². The molecule has 0 aromatic carbocycles. The number of halogens is 3. The van der Waals surface area contributed by atoms with E-state index in [9.17, 15) is 13.2 Å². The first-order valence-corrected chi connectivity index (χ1v) is 3.42. The van der Waals surface area contributed by atoms with Crippen molar-refractivity contribution in [2.45, 2.75) is 12.2 Å². The summed E-state index contributed by atoms with van der Waals surface area (Å²) in [4.78, 5) is 3.52. The maximum atomic E-state index is 12.2. The van der Waals surface area contributed by atoms with E-state index >= 15 is 0 Å². The van der Waals surface area contributed by atoms with Crippen molar-refractivity contribution in [3.8, 4) is 0 Å². The summed E-state index contributed by atoms with van der Waals surface area (Å²) in [5.41, 5.74) is 1.07. The van der Waals surface area contributed by atoms with Gasteiger partial charge in [0.05, 0.1) is 0 Å². The lowest BCUT2D eigenvalue weighted by molar-refractivity contribution is -0.178. The predicted octanol–water partition coefficient (Wildman–Crippen LogP) is 1.66. The minimum Gasteiger partial charge on any atom is -0.316 e. The van der Waals surface area contributed by atoms with Gasteiger partial charge in [-0.1, -0.05) is 6.07 Å². The van der Waals surface area contributed by atoms with Gasteiger partial charge in [0.15, 0.2) is 6.04 Å². The summed E-state index contributed by atoms with van der Waals surface area (Å²) in [6.45, 7) is 0. The molecule has 0 radical (unpaired) electrons. The molecule has 1 rings (SSSR count). The molecular weight excluding hydrogens is 185 g/mol. The highest BCUT2D eigenvalue weighted by molar-refractivity contribution is 5.14. The number of alkyl halides is 3. The molecule has 6 heteroatoms.